The molecule has 0 aliphatic rings. The van der Waals surface area contributed by atoms with Gasteiger partial charge in [0.1, 0.15) is 18.2 Å². The molecule has 6 aromatic rings. The maximum atomic E-state index is 5.94. The van der Waals surface area contributed by atoms with Gasteiger partial charge < -0.3 is 4.74 Å². The van der Waals surface area contributed by atoms with Gasteiger partial charge in [0.2, 0.25) is 0 Å². The fourth-order valence-corrected chi connectivity index (χ4v) is 4.38. The summed E-state index contributed by atoms with van der Waals surface area (Å²) in [6, 6.07) is 24.5. The molecule has 3 aromatic heterocycles. The van der Waals surface area contributed by atoms with Gasteiger partial charge in [-0.1, -0.05) is 38.1 Å². The molecule has 6 rings (SSSR count). The van der Waals surface area contributed by atoms with Crippen LogP contribution < -0.4 is 4.74 Å². The van der Waals surface area contributed by atoms with Gasteiger partial charge in [-0.05, 0) is 65.2 Å². The summed E-state index contributed by atoms with van der Waals surface area (Å²) >= 11 is 0. The molecule has 2 N–H and O–H groups in total. The molecule has 7 nitrogen and oxygen atoms in total. The average molecular weight is 475 g/mol. The number of benzene rings is 3. The Morgan fingerprint density at radius 1 is 0.833 bits per heavy atom. The first-order valence-electron chi connectivity index (χ1n) is 12.1. The van der Waals surface area contributed by atoms with Crippen molar-refractivity contribution < 1.29 is 4.74 Å². The van der Waals surface area contributed by atoms with Crippen LogP contribution in [-0.4, -0.2) is 30.4 Å². The van der Waals surface area contributed by atoms with E-state index in [1.54, 1.807) is 6.20 Å². The summed E-state index contributed by atoms with van der Waals surface area (Å²) in [5, 5.41) is 18.6. The number of rotatable bonds is 7. The minimum atomic E-state index is 0.440. The van der Waals surface area contributed by atoms with E-state index in [0.29, 0.717) is 18.3 Å². The number of nitrogens with one attached hydrogen (secondary N) is 2. The van der Waals surface area contributed by atoms with Crippen LogP contribution in [0.15, 0.2) is 79.0 Å². The van der Waals surface area contributed by atoms with Gasteiger partial charge in [-0.15, -0.1) is 0 Å². The van der Waals surface area contributed by atoms with Crippen LogP contribution in [0.4, 0.5) is 0 Å². The molecule has 0 radical (unpaired) electrons. The number of hydrogen-bond acceptors (Lipinski definition) is 5. The van der Waals surface area contributed by atoms with Gasteiger partial charge >= 0.3 is 0 Å². The SMILES string of the molecule is CC(C)Cc1nc(-c2ccc3[nH]nc(-c4ccc5cc(OCc6ccccn6)ccc5c4)c3c2)n[nH]1. The van der Waals surface area contributed by atoms with Crippen LogP contribution in [-0.2, 0) is 13.0 Å². The molecule has 0 amide bonds. The number of aromatic nitrogens is 6. The average Bonchev–Trinajstić information content (AvgIpc) is 3.54. The Morgan fingerprint density at radius 3 is 2.56 bits per heavy atom. The lowest BCUT2D eigenvalue weighted by Crippen LogP contribution is -1.97. The molecule has 0 aliphatic heterocycles. The Hall–Kier alpha value is -4.52. The highest BCUT2D eigenvalue weighted by Gasteiger charge is 2.13. The van der Waals surface area contributed by atoms with E-state index in [2.05, 4.69) is 80.6 Å². The van der Waals surface area contributed by atoms with Gasteiger partial charge in [0.15, 0.2) is 5.82 Å². The highest BCUT2D eigenvalue weighted by Crippen LogP contribution is 2.32. The Balaban J connectivity index is 1.28. The largest absolute Gasteiger partial charge is 0.487 e. The molecule has 3 heterocycles. The lowest BCUT2D eigenvalue weighted by molar-refractivity contribution is 0.302. The predicted molar refractivity (Wildman–Crippen MR) is 142 cm³/mol. The number of aromatic amines is 2. The predicted octanol–water partition coefficient (Wildman–Crippen LogP) is 6.34. The summed E-state index contributed by atoms with van der Waals surface area (Å²) in [6.45, 7) is 4.78. The zero-order chi connectivity index (χ0) is 24.5. The first-order valence-corrected chi connectivity index (χ1v) is 12.1. The fourth-order valence-electron chi connectivity index (χ4n) is 4.38. The van der Waals surface area contributed by atoms with Gasteiger partial charge in [0.05, 0.1) is 16.9 Å². The van der Waals surface area contributed by atoms with E-state index in [1.807, 2.05) is 36.4 Å². The zero-order valence-corrected chi connectivity index (χ0v) is 20.2. The Labute approximate surface area is 208 Å². The number of H-pyrrole nitrogens is 2. The molecule has 178 valence electrons. The van der Waals surface area contributed by atoms with Crippen LogP contribution in [0.5, 0.6) is 5.75 Å². The quantitative estimate of drug-likeness (QED) is 0.282. The number of fused-ring (bicyclic) bond motifs is 2. The number of ether oxygens (including phenoxy) is 1. The van der Waals surface area contributed by atoms with E-state index in [4.69, 9.17) is 4.74 Å². The van der Waals surface area contributed by atoms with Gasteiger partial charge in [-0.2, -0.15) is 10.2 Å². The molecule has 3 aromatic carbocycles. The molecule has 0 saturated heterocycles. The van der Waals surface area contributed by atoms with Crippen molar-refractivity contribution in [1.29, 1.82) is 0 Å². The first-order chi connectivity index (χ1) is 17.6. The standard InChI is InChI=1S/C29H26N6O/c1-18(2)13-27-31-29(35-33-27)22-9-11-26-25(16-22)28(34-32-26)21-7-6-20-15-24(10-8-19(20)14-21)36-17-23-5-3-4-12-30-23/h3-12,14-16,18H,13,17H2,1-2H3,(H,32,34)(H,31,33,35). The maximum absolute atomic E-state index is 5.94. The molecule has 0 saturated carbocycles. The second-order valence-electron chi connectivity index (χ2n) is 9.37. The maximum Gasteiger partial charge on any atom is 0.181 e. The zero-order valence-electron chi connectivity index (χ0n) is 20.2. The summed E-state index contributed by atoms with van der Waals surface area (Å²) in [4.78, 5) is 9.00. The van der Waals surface area contributed by atoms with E-state index in [9.17, 15) is 0 Å². The Bertz CT molecular complexity index is 1650. The molecule has 0 fully saturated rings. The van der Waals surface area contributed by atoms with Crippen LogP contribution >= 0.6 is 0 Å². The summed E-state index contributed by atoms with van der Waals surface area (Å²) in [6.07, 6.45) is 2.65. The number of pyridine rings is 1. The number of hydrogen-bond donors (Lipinski definition) is 2. The van der Waals surface area contributed by atoms with Crippen molar-refractivity contribution in [3.8, 4) is 28.4 Å². The fraction of sp³-hybridized carbons (Fsp3) is 0.172. The Morgan fingerprint density at radius 2 is 1.69 bits per heavy atom. The van der Waals surface area contributed by atoms with E-state index in [1.165, 1.54) is 0 Å². The summed E-state index contributed by atoms with van der Waals surface area (Å²) in [5.74, 6) is 2.95. The van der Waals surface area contributed by atoms with Crippen LogP contribution in [0.2, 0.25) is 0 Å². The van der Waals surface area contributed by atoms with Gasteiger partial charge in [-0.3, -0.25) is 15.2 Å². The van der Waals surface area contributed by atoms with Crippen molar-refractivity contribution in [2.45, 2.75) is 26.9 Å². The van der Waals surface area contributed by atoms with Crippen LogP contribution in [0.1, 0.15) is 25.4 Å². The molecular formula is C29H26N6O. The van der Waals surface area contributed by atoms with Crippen molar-refractivity contribution in [3.63, 3.8) is 0 Å². The second kappa shape index (κ2) is 9.26. The van der Waals surface area contributed by atoms with Crippen molar-refractivity contribution >= 4 is 21.7 Å². The highest BCUT2D eigenvalue weighted by molar-refractivity contribution is 5.97. The lowest BCUT2D eigenvalue weighted by atomic mass is 10.0. The molecule has 0 aliphatic carbocycles. The van der Waals surface area contributed by atoms with Gasteiger partial charge in [0, 0.05) is 29.1 Å². The summed E-state index contributed by atoms with van der Waals surface area (Å²) in [7, 11) is 0. The smallest absolute Gasteiger partial charge is 0.181 e. The summed E-state index contributed by atoms with van der Waals surface area (Å²) < 4.78 is 5.94. The Kier molecular flexibility index (Phi) is 5.65. The summed E-state index contributed by atoms with van der Waals surface area (Å²) in [5.41, 5.74) is 4.79. The monoisotopic (exact) mass is 474 g/mol. The lowest BCUT2D eigenvalue weighted by Gasteiger charge is -2.08. The minimum absolute atomic E-state index is 0.440. The molecular weight excluding hydrogens is 448 g/mol. The van der Waals surface area contributed by atoms with Crippen molar-refractivity contribution in [2.75, 3.05) is 0 Å². The van der Waals surface area contributed by atoms with Gasteiger partial charge in [-0.25, -0.2) is 4.98 Å². The highest BCUT2D eigenvalue weighted by atomic mass is 16.5. The van der Waals surface area contributed by atoms with Crippen molar-refractivity contribution in [2.24, 2.45) is 5.92 Å². The molecule has 0 bridgehead atoms. The third kappa shape index (κ3) is 4.43. The van der Waals surface area contributed by atoms with E-state index >= 15 is 0 Å². The van der Waals surface area contributed by atoms with E-state index < -0.39 is 0 Å². The van der Waals surface area contributed by atoms with Crippen LogP contribution in [0.3, 0.4) is 0 Å². The van der Waals surface area contributed by atoms with Crippen molar-refractivity contribution in [3.05, 3.63) is 90.5 Å². The molecule has 36 heavy (non-hydrogen) atoms. The van der Waals surface area contributed by atoms with Crippen LogP contribution in [0, 0.1) is 5.92 Å². The first kappa shape index (κ1) is 22.0. The van der Waals surface area contributed by atoms with Crippen molar-refractivity contribution in [1.82, 2.24) is 30.4 Å². The second-order valence-corrected chi connectivity index (χ2v) is 9.37. The van der Waals surface area contributed by atoms with Crippen LogP contribution in [0.25, 0.3) is 44.3 Å². The minimum Gasteiger partial charge on any atom is -0.487 e. The molecule has 0 unspecified atom stereocenters. The topological polar surface area (TPSA) is 92.4 Å². The third-order valence-corrected chi connectivity index (χ3v) is 6.15. The van der Waals surface area contributed by atoms with Gasteiger partial charge in [0.25, 0.3) is 0 Å². The number of nitrogens with zero attached hydrogens (tertiary/aromatic N) is 4. The van der Waals surface area contributed by atoms with E-state index in [-0.39, 0.29) is 0 Å². The molecule has 0 spiro atoms. The molecule has 7 heteroatoms. The van der Waals surface area contributed by atoms with E-state index in [0.717, 1.165) is 62.2 Å². The molecule has 0 atom stereocenters. The third-order valence-electron chi connectivity index (χ3n) is 6.15. The normalized spacial score (nSPS) is 11.5.